The Morgan fingerprint density at radius 2 is 1.73 bits per heavy atom. The van der Waals surface area contributed by atoms with Crippen molar-refractivity contribution >= 4 is 45.6 Å². The Balaban J connectivity index is 1.87. The van der Waals surface area contributed by atoms with E-state index in [1.807, 2.05) is 0 Å². The average molecular weight is 600 g/mol. The maximum atomic E-state index is 13.5. The van der Waals surface area contributed by atoms with Gasteiger partial charge in [-0.1, -0.05) is 29.8 Å². The molecule has 0 radical (unpaired) electrons. The number of alkyl halides is 3. The van der Waals surface area contributed by atoms with Crippen LogP contribution in [-0.4, -0.2) is 47.5 Å². The highest BCUT2D eigenvalue weighted by atomic mass is 35.5. The van der Waals surface area contributed by atoms with Crippen molar-refractivity contribution < 1.29 is 45.4 Å². The van der Waals surface area contributed by atoms with E-state index in [0.717, 1.165) is 19.2 Å². The molecule has 0 saturated carbocycles. The molecule has 0 heterocycles. The van der Waals surface area contributed by atoms with E-state index in [4.69, 9.17) is 21.1 Å². The fourth-order valence-corrected chi connectivity index (χ4v) is 4.90. The lowest BCUT2D eigenvalue weighted by molar-refractivity contribution is -0.137. The van der Waals surface area contributed by atoms with Gasteiger partial charge in [0.05, 0.1) is 41.6 Å². The SMILES string of the molecule is COC(=O)Oc1ccc(/C=N/NC(=O)CN(c2ccc(Cl)c(C(F)(F)F)c2)S(=O)(=O)c2ccccc2)cc1OC. The first-order chi connectivity index (χ1) is 18.9. The molecular formula is C25H21ClF3N3O7S. The molecule has 0 aliphatic heterocycles. The zero-order valence-electron chi connectivity index (χ0n) is 20.8. The molecule has 0 atom stereocenters. The molecule has 10 nitrogen and oxygen atoms in total. The first-order valence-electron chi connectivity index (χ1n) is 11.1. The Kier molecular flexibility index (Phi) is 9.60. The molecule has 0 spiro atoms. The van der Waals surface area contributed by atoms with E-state index < -0.39 is 51.1 Å². The van der Waals surface area contributed by atoms with Gasteiger partial charge in [-0.2, -0.15) is 18.3 Å². The van der Waals surface area contributed by atoms with Gasteiger partial charge < -0.3 is 14.2 Å². The number of carbonyl (C=O) groups is 2. The Morgan fingerprint density at radius 1 is 1.02 bits per heavy atom. The topological polar surface area (TPSA) is 124 Å². The second-order valence-corrected chi connectivity index (χ2v) is 10.0. The number of hydrogen-bond acceptors (Lipinski definition) is 8. The second kappa shape index (κ2) is 12.7. The van der Waals surface area contributed by atoms with Crippen LogP contribution in [0.15, 0.2) is 76.7 Å². The van der Waals surface area contributed by atoms with Crippen molar-refractivity contribution in [1.82, 2.24) is 5.43 Å². The van der Waals surface area contributed by atoms with Crippen molar-refractivity contribution in [2.24, 2.45) is 5.10 Å². The minimum absolute atomic E-state index is 0.0542. The summed E-state index contributed by atoms with van der Waals surface area (Å²) in [4.78, 5) is 23.8. The molecule has 0 unspecified atom stereocenters. The van der Waals surface area contributed by atoms with Crippen LogP contribution in [0, 0.1) is 0 Å². The van der Waals surface area contributed by atoms with Crippen LogP contribution in [-0.2, 0) is 25.7 Å². The van der Waals surface area contributed by atoms with E-state index >= 15 is 0 Å². The summed E-state index contributed by atoms with van der Waals surface area (Å²) >= 11 is 5.69. The van der Waals surface area contributed by atoms with Gasteiger partial charge in [-0.25, -0.2) is 18.6 Å². The highest BCUT2D eigenvalue weighted by Crippen LogP contribution is 2.38. The first kappa shape index (κ1) is 30.2. The number of nitrogens with zero attached hydrogens (tertiary/aromatic N) is 2. The first-order valence-corrected chi connectivity index (χ1v) is 12.9. The zero-order valence-corrected chi connectivity index (χ0v) is 22.4. The minimum atomic E-state index is -4.87. The third-order valence-electron chi connectivity index (χ3n) is 5.11. The molecule has 0 aliphatic rings. The molecule has 1 N–H and O–H groups in total. The van der Waals surface area contributed by atoms with Crippen LogP contribution in [0.5, 0.6) is 11.5 Å². The lowest BCUT2D eigenvalue weighted by atomic mass is 10.2. The second-order valence-electron chi connectivity index (χ2n) is 7.75. The number of carbonyl (C=O) groups excluding carboxylic acids is 2. The molecule has 3 aromatic carbocycles. The summed E-state index contributed by atoms with van der Waals surface area (Å²) in [5, 5.41) is 3.12. The van der Waals surface area contributed by atoms with Crippen LogP contribution in [0.1, 0.15) is 11.1 Å². The molecule has 3 rings (SSSR count). The minimum Gasteiger partial charge on any atom is -0.493 e. The summed E-state index contributed by atoms with van der Waals surface area (Å²) in [6, 6.07) is 13.6. The maximum absolute atomic E-state index is 13.5. The number of sulfonamides is 1. The average Bonchev–Trinajstić information content (AvgIpc) is 2.92. The van der Waals surface area contributed by atoms with Crippen molar-refractivity contribution in [3.05, 3.63) is 82.9 Å². The van der Waals surface area contributed by atoms with Crippen LogP contribution in [0.3, 0.4) is 0 Å². The van der Waals surface area contributed by atoms with E-state index in [1.54, 1.807) is 6.07 Å². The van der Waals surface area contributed by atoms with Gasteiger partial charge in [0.1, 0.15) is 6.54 Å². The third kappa shape index (κ3) is 7.42. The molecule has 0 fully saturated rings. The normalized spacial score (nSPS) is 11.7. The highest BCUT2D eigenvalue weighted by Gasteiger charge is 2.35. The number of ether oxygens (including phenoxy) is 3. The van der Waals surface area contributed by atoms with Crippen LogP contribution in [0.2, 0.25) is 5.02 Å². The number of rotatable bonds is 9. The number of benzene rings is 3. The molecule has 0 aliphatic carbocycles. The highest BCUT2D eigenvalue weighted by molar-refractivity contribution is 7.92. The van der Waals surface area contributed by atoms with E-state index in [-0.39, 0.29) is 16.4 Å². The number of nitrogens with one attached hydrogen (secondary N) is 1. The number of methoxy groups -OCH3 is 2. The zero-order chi connectivity index (χ0) is 29.5. The molecule has 212 valence electrons. The van der Waals surface area contributed by atoms with E-state index in [9.17, 15) is 31.2 Å². The summed E-state index contributed by atoms with van der Waals surface area (Å²) < 4.78 is 82.1. The molecular weight excluding hydrogens is 579 g/mol. The van der Waals surface area contributed by atoms with Crippen LogP contribution < -0.4 is 19.2 Å². The lowest BCUT2D eigenvalue weighted by Crippen LogP contribution is -2.39. The van der Waals surface area contributed by atoms with Crippen LogP contribution in [0.4, 0.5) is 23.7 Å². The molecule has 0 aromatic heterocycles. The fraction of sp³-hybridized carbons (Fsp3) is 0.160. The van der Waals surface area contributed by atoms with Gasteiger partial charge in [0, 0.05) is 0 Å². The predicted octanol–water partition coefficient (Wildman–Crippen LogP) is 4.86. The van der Waals surface area contributed by atoms with Gasteiger partial charge in [0.2, 0.25) is 0 Å². The Labute approximate surface area is 231 Å². The van der Waals surface area contributed by atoms with Crippen molar-refractivity contribution in [2.75, 3.05) is 25.1 Å². The number of halogens is 4. The van der Waals surface area contributed by atoms with E-state index in [1.165, 1.54) is 55.8 Å². The Hall–Kier alpha value is -4.30. The number of anilines is 1. The largest absolute Gasteiger partial charge is 0.513 e. The Morgan fingerprint density at radius 3 is 2.35 bits per heavy atom. The van der Waals surface area contributed by atoms with Crippen LogP contribution in [0.25, 0.3) is 0 Å². The van der Waals surface area contributed by atoms with Gasteiger partial charge >= 0.3 is 12.3 Å². The van der Waals surface area contributed by atoms with Crippen molar-refractivity contribution in [2.45, 2.75) is 11.1 Å². The van der Waals surface area contributed by atoms with Gasteiger partial charge in [0.25, 0.3) is 15.9 Å². The van der Waals surface area contributed by atoms with Gasteiger partial charge in [-0.3, -0.25) is 9.10 Å². The van der Waals surface area contributed by atoms with Gasteiger partial charge in [0.15, 0.2) is 11.5 Å². The molecule has 0 saturated heterocycles. The number of amides is 1. The van der Waals surface area contributed by atoms with Crippen molar-refractivity contribution in [1.29, 1.82) is 0 Å². The summed E-state index contributed by atoms with van der Waals surface area (Å²) in [6.45, 7) is -0.914. The fourth-order valence-electron chi connectivity index (χ4n) is 3.25. The smallest absolute Gasteiger partial charge is 0.493 e. The van der Waals surface area contributed by atoms with E-state index in [0.29, 0.717) is 15.9 Å². The third-order valence-corrected chi connectivity index (χ3v) is 7.23. The molecule has 3 aromatic rings. The van der Waals surface area contributed by atoms with Crippen molar-refractivity contribution in [3.63, 3.8) is 0 Å². The summed E-state index contributed by atoms with van der Waals surface area (Å²) in [5.74, 6) is -0.764. The number of hydrogen-bond donors (Lipinski definition) is 1. The quantitative estimate of drug-likeness (QED) is 0.161. The molecule has 40 heavy (non-hydrogen) atoms. The molecule has 15 heteroatoms. The van der Waals surface area contributed by atoms with Gasteiger partial charge in [-0.05, 0) is 54.1 Å². The number of hydrazone groups is 1. The summed E-state index contributed by atoms with van der Waals surface area (Å²) in [6.07, 6.45) is -4.66. The molecule has 1 amide bonds. The predicted molar refractivity (Wildman–Crippen MR) is 139 cm³/mol. The lowest BCUT2D eigenvalue weighted by Gasteiger charge is -2.24. The monoisotopic (exact) mass is 599 g/mol. The Bertz CT molecular complexity index is 1520. The summed E-state index contributed by atoms with van der Waals surface area (Å²) in [7, 11) is -2.03. The van der Waals surface area contributed by atoms with E-state index in [2.05, 4.69) is 15.3 Å². The van der Waals surface area contributed by atoms with Crippen LogP contribution >= 0.6 is 11.6 Å². The summed E-state index contributed by atoms with van der Waals surface area (Å²) in [5.41, 5.74) is 0.809. The standard InChI is InChI=1S/C25H21ClF3N3O7S/c1-37-22-12-16(8-11-21(22)39-24(34)38-2)14-30-31-23(33)15-32(40(35,36)18-6-4-3-5-7-18)17-9-10-20(26)19(13-17)25(27,28)29/h3-14H,15H2,1-2H3,(H,31,33)/b30-14+. The van der Waals surface area contributed by atoms with Crippen molar-refractivity contribution in [3.8, 4) is 11.5 Å². The maximum Gasteiger partial charge on any atom is 0.513 e. The van der Waals surface area contributed by atoms with Gasteiger partial charge in [-0.15, -0.1) is 0 Å². The molecule has 0 bridgehead atoms.